The maximum absolute atomic E-state index is 13.0. The molecule has 5 heteroatoms. The number of anilines is 1. The number of carbonyl (C=O) groups excluding carboxylic acids is 1. The third-order valence-corrected chi connectivity index (χ3v) is 3.19. The molecule has 1 heterocycles. The normalized spacial score (nSPS) is 11.8. The van der Waals surface area contributed by atoms with E-state index < -0.39 is 5.41 Å². The first kappa shape index (κ1) is 12.0. The molecule has 0 aliphatic heterocycles. The number of amides is 1. The summed E-state index contributed by atoms with van der Waals surface area (Å²) in [6.45, 7) is 5.49. The fourth-order valence-electron chi connectivity index (χ4n) is 1.24. The number of hydrogen-bond acceptors (Lipinski definition) is 3. The Morgan fingerprint density at radius 1 is 1.41 bits per heavy atom. The number of rotatable bonds is 1. The van der Waals surface area contributed by atoms with Crippen molar-refractivity contribution in [2.75, 3.05) is 5.32 Å². The molecule has 3 nitrogen and oxygen atoms in total. The van der Waals surface area contributed by atoms with Gasteiger partial charge in [-0.1, -0.05) is 32.1 Å². The number of hydrogen-bond donors (Lipinski definition) is 1. The number of aromatic nitrogens is 1. The quantitative estimate of drug-likeness (QED) is 0.845. The van der Waals surface area contributed by atoms with Gasteiger partial charge < -0.3 is 5.32 Å². The Labute approximate surface area is 103 Å². The highest BCUT2D eigenvalue weighted by atomic mass is 32.1. The molecule has 0 unspecified atom stereocenters. The molecule has 0 atom stereocenters. The first-order valence-corrected chi connectivity index (χ1v) is 6.05. The second-order valence-electron chi connectivity index (χ2n) is 4.84. The van der Waals surface area contributed by atoms with Crippen molar-refractivity contribution in [3.05, 3.63) is 24.0 Å². The molecule has 1 aromatic carbocycles. The van der Waals surface area contributed by atoms with Gasteiger partial charge in [-0.25, -0.2) is 9.37 Å². The number of thiazole rings is 1. The molecule has 0 fully saturated rings. The van der Waals surface area contributed by atoms with E-state index in [-0.39, 0.29) is 11.7 Å². The van der Waals surface area contributed by atoms with Crippen LogP contribution in [0.25, 0.3) is 10.2 Å². The van der Waals surface area contributed by atoms with Gasteiger partial charge in [-0.3, -0.25) is 4.79 Å². The summed E-state index contributed by atoms with van der Waals surface area (Å²) in [5.74, 6) is -0.396. The van der Waals surface area contributed by atoms with E-state index in [1.165, 1.54) is 23.5 Å². The summed E-state index contributed by atoms with van der Waals surface area (Å²) in [5, 5.41) is 3.24. The lowest BCUT2D eigenvalue weighted by Gasteiger charge is -2.15. The summed E-state index contributed by atoms with van der Waals surface area (Å²) in [6.07, 6.45) is 0. The predicted molar refractivity (Wildman–Crippen MR) is 67.7 cm³/mol. The molecule has 17 heavy (non-hydrogen) atoms. The van der Waals surface area contributed by atoms with Crippen molar-refractivity contribution in [2.45, 2.75) is 20.8 Å². The van der Waals surface area contributed by atoms with Crippen LogP contribution in [0.1, 0.15) is 20.8 Å². The van der Waals surface area contributed by atoms with Crippen LogP contribution in [0.2, 0.25) is 0 Å². The zero-order chi connectivity index (χ0) is 12.6. The lowest BCUT2D eigenvalue weighted by atomic mass is 9.96. The summed E-state index contributed by atoms with van der Waals surface area (Å²) in [4.78, 5) is 16.0. The van der Waals surface area contributed by atoms with Gasteiger partial charge in [0, 0.05) is 5.41 Å². The van der Waals surface area contributed by atoms with Gasteiger partial charge in [0.2, 0.25) is 5.91 Å². The number of benzene rings is 1. The third kappa shape index (κ3) is 2.61. The Bertz CT molecular complexity index is 571. The molecule has 90 valence electrons. The molecule has 1 aromatic heterocycles. The second kappa shape index (κ2) is 4.07. The van der Waals surface area contributed by atoms with Crippen LogP contribution in [-0.2, 0) is 4.79 Å². The average molecular weight is 252 g/mol. The minimum atomic E-state index is -0.469. The zero-order valence-corrected chi connectivity index (χ0v) is 10.7. The second-order valence-corrected chi connectivity index (χ2v) is 5.87. The number of carbonyl (C=O) groups is 1. The molecule has 2 aromatic rings. The van der Waals surface area contributed by atoms with E-state index in [0.717, 1.165) is 4.70 Å². The van der Waals surface area contributed by atoms with Crippen LogP contribution in [0.15, 0.2) is 18.2 Å². The molecule has 0 bridgehead atoms. The fourth-order valence-corrected chi connectivity index (χ4v) is 2.12. The van der Waals surface area contributed by atoms with Crippen molar-refractivity contribution in [1.82, 2.24) is 4.98 Å². The van der Waals surface area contributed by atoms with Crippen molar-refractivity contribution in [2.24, 2.45) is 5.41 Å². The molecule has 0 aliphatic rings. The van der Waals surface area contributed by atoms with Crippen LogP contribution in [0.4, 0.5) is 9.52 Å². The Balaban J connectivity index is 2.29. The van der Waals surface area contributed by atoms with Crippen molar-refractivity contribution in [3.8, 4) is 0 Å². The van der Waals surface area contributed by atoms with Gasteiger partial charge in [0.05, 0.1) is 10.2 Å². The molecule has 1 N–H and O–H groups in total. The molecule has 0 saturated heterocycles. The van der Waals surface area contributed by atoms with E-state index in [9.17, 15) is 9.18 Å². The van der Waals surface area contributed by atoms with Gasteiger partial charge in [0.25, 0.3) is 0 Å². The maximum Gasteiger partial charge on any atom is 0.231 e. The van der Waals surface area contributed by atoms with Crippen molar-refractivity contribution >= 4 is 32.6 Å². The van der Waals surface area contributed by atoms with Gasteiger partial charge >= 0.3 is 0 Å². The van der Waals surface area contributed by atoms with Gasteiger partial charge in [-0.15, -0.1) is 0 Å². The Morgan fingerprint density at radius 2 is 2.12 bits per heavy atom. The average Bonchev–Trinajstić information content (AvgIpc) is 2.57. The van der Waals surface area contributed by atoms with Gasteiger partial charge in [0.15, 0.2) is 5.13 Å². The van der Waals surface area contributed by atoms with E-state index in [2.05, 4.69) is 10.3 Å². The Morgan fingerprint density at radius 3 is 2.76 bits per heavy atom. The van der Waals surface area contributed by atoms with E-state index in [0.29, 0.717) is 10.6 Å². The molecular weight excluding hydrogens is 239 g/mol. The predicted octanol–water partition coefficient (Wildman–Crippen LogP) is 3.42. The van der Waals surface area contributed by atoms with E-state index >= 15 is 0 Å². The highest BCUT2D eigenvalue weighted by Crippen LogP contribution is 2.27. The monoisotopic (exact) mass is 252 g/mol. The van der Waals surface area contributed by atoms with Crippen molar-refractivity contribution < 1.29 is 9.18 Å². The summed E-state index contributed by atoms with van der Waals surface area (Å²) in [6, 6.07) is 4.38. The van der Waals surface area contributed by atoms with E-state index in [4.69, 9.17) is 0 Å². The third-order valence-electron chi connectivity index (χ3n) is 2.25. The van der Waals surface area contributed by atoms with Gasteiger partial charge in [0.1, 0.15) is 5.82 Å². The fraction of sp³-hybridized carbons (Fsp3) is 0.333. The zero-order valence-electron chi connectivity index (χ0n) is 9.87. The number of nitrogens with one attached hydrogen (secondary N) is 1. The first-order chi connectivity index (χ1) is 7.86. The summed E-state index contributed by atoms with van der Waals surface area (Å²) in [5.41, 5.74) is 0.226. The first-order valence-electron chi connectivity index (χ1n) is 5.24. The van der Waals surface area contributed by atoms with Crippen LogP contribution < -0.4 is 5.32 Å². The van der Waals surface area contributed by atoms with Crippen LogP contribution >= 0.6 is 11.3 Å². The SMILES string of the molecule is CC(C)(C)C(=O)Nc1nc2ccc(F)cc2s1. The highest BCUT2D eigenvalue weighted by Gasteiger charge is 2.22. The Hall–Kier alpha value is -1.49. The van der Waals surface area contributed by atoms with Crippen LogP contribution in [-0.4, -0.2) is 10.9 Å². The molecular formula is C12H13FN2OS. The minimum absolute atomic E-state index is 0.1000. The smallest absolute Gasteiger partial charge is 0.231 e. The molecule has 1 amide bonds. The maximum atomic E-state index is 13.0. The standard InChI is InChI=1S/C12H13FN2OS/c1-12(2,3)10(16)15-11-14-8-5-4-7(13)6-9(8)17-11/h4-6H,1-3H3,(H,14,15,16). The minimum Gasteiger partial charge on any atom is -0.301 e. The molecule has 0 saturated carbocycles. The lowest BCUT2D eigenvalue weighted by Crippen LogP contribution is -2.27. The van der Waals surface area contributed by atoms with E-state index in [1.807, 2.05) is 20.8 Å². The highest BCUT2D eigenvalue weighted by molar-refractivity contribution is 7.22. The number of fused-ring (bicyclic) bond motifs is 1. The molecule has 2 rings (SSSR count). The van der Waals surface area contributed by atoms with Crippen LogP contribution in [0.3, 0.4) is 0 Å². The molecule has 0 spiro atoms. The summed E-state index contributed by atoms with van der Waals surface area (Å²) < 4.78 is 13.7. The van der Waals surface area contributed by atoms with Gasteiger partial charge in [-0.05, 0) is 18.2 Å². The summed E-state index contributed by atoms with van der Waals surface area (Å²) >= 11 is 1.27. The van der Waals surface area contributed by atoms with E-state index in [1.54, 1.807) is 6.07 Å². The topological polar surface area (TPSA) is 42.0 Å². The molecule has 0 radical (unpaired) electrons. The largest absolute Gasteiger partial charge is 0.301 e. The van der Waals surface area contributed by atoms with Crippen LogP contribution in [0, 0.1) is 11.2 Å². The van der Waals surface area contributed by atoms with Crippen molar-refractivity contribution in [3.63, 3.8) is 0 Å². The number of nitrogens with zero attached hydrogens (tertiary/aromatic N) is 1. The summed E-state index contributed by atoms with van der Waals surface area (Å²) in [7, 11) is 0. The number of halogens is 1. The van der Waals surface area contributed by atoms with Crippen LogP contribution in [0.5, 0.6) is 0 Å². The molecule has 0 aliphatic carbocycles. The lowest BCUT2D eigenvalue weighted by molar-refractivity contribution is -0.123. The van der Waals surface area contributed by atoms with Gasteiger partial charge in [-0.2, -0.15) is 0 Å². The Kier molecular flexibility index (Phi) is 2.87. The van der Waals surface area contributed by atoms with Crippen molar-refractivity contribution in [1.29, 1.82) is 0 Å².